The maximum Gasteiger partial charge on any atom is 0.326 e. The number of carboxylic acids is 1. The molecule has 0 aromatic heterocycles. The molecule has 1 saturated heterocycles. The number of likely N-dealkylation sites (tertiary alicyclic amines) is 1. The SMILES string of the molecule is C[C@H](C(=O)O)N1C(=O)[C@H]2[C@H](C1=O)[C@H]1C=C[C@H]2C1. The first-order valence-electron chi connectivity index (χ1n) is 5.80. The van der Waals surface area contributed by atoms with Crippen molar-refractivity contribution in [1.29, 1.82) is 0 Å². The third-order valence-corrected chi connectivity index (χ3v) is 4.25. The zero-order chi connectivity index (χ0) is 12.3. The molecule has 17 heavy (non-hydrogen) atoms. The molecule has 2 aliphatic carbocycles. The molecule has 2 amide bonds. The summed E-state index contributed by atoms with van der Waals surface area (Å²) >= 11 is 0. The number of aliphatic carboxylic acids is 1. The predicted molar refractivity (Wildman–Crippen MR) is 56.7 cm³/mol. The third-order valence-electron chi connectivity index (χ3n) is 4.25. The number of imide groups is 1. The summed E-state index contributed by atoms with van der Waals surface area (Å²) in [6.07, 6.45) is 4.85. The van der Waals surface area contributed by atoms with E-state index in [-0.39, 0.29) is 35.5 Å². The fourth-order valence-corrected chi connectivity index (χ4v) is 3.42. The highest BCUT2D eigenvalue weighted by atomic mass is 16.4. The number of hydrogen-bond acceptors (Lipinski definition) is 3. The molecule has 5 atom stereocenters. The van der Waals surface area contributed by atoms with Crippen LogP contribution >= 0.6 is 0 Å². The minimum atomic E-state index is -1.13. The van der Waals surface area contributed by atoms with Gasteiger partial charge in [-0.25, -0.2) is 4.79 Å². The largest absolute Gasteiger partial charge is 0.480 e. The molecule has 0 radical (unpaired) electrons. The maximum absolute atomic E-state index is 12.1. The molecular formula is C12H13NO4. The topological polar surface area (TPSA) is 74.7 Å². The molecule has 0 unspecified atom stereocenters. The number of rotatable bonds is 2. The van der Waals surface area contributed by atoms with Crippen molar-refractivity contribution >= 4 is 17.8 Å². The van der Waals surface area contributed by atoms with Crippen LogP contribution in [0.15, 0.2) is 12.2 Å². The lowest BCUT2D eigenvalue weighted by atomic mass is 9.85. The van der Waals surface area contributed by atoms with E-state index in [1.165, 1.54) is 6.92 Å². The number of carboxylic acid groups (broad SMARTS) is 1. The van der Waals surface area contributed by atoms with Gasteiger partial charge in [0, 0.05) is 0 Å². The Labute approximate surface area is 98.1 Å². The van der Waals surface area contributed by atoms with E-state index in [4.69, 9.17) is 5.11 Å². The zero-order valence-electron chi connectivity index (χ0n) is 9.37. The summed E-state index contributed by atoms with van der Waals surface area (Å²) in [6.45, 7) is 1.38. The number of carbonyl (C=O) groups is 3. The van der Waals surface area contributed by atoms with Gasteiger partial charge < -0.3 is 5.11 Å². The number of carbonyl (C=O) groups excluding carboxylic acids is 2. The van der Waals surface area contributed by atoms with Gasteiger partial charge in [0.15, 0.2) is 0 Å². The Morgan fingerprint density at radius 2 is 1.76 bits per heavy atom. The molecule has 5 nitrogen and oxygen atoms in total. The van der Waals surface area contributed by atoms with Gasteiger partial charge in [-0.2, -0.15) is 0 Å². The molecule has 1 heterocycles. The van der Waals surface area contributed by atoms with Gasteiger partial charge in [0.1, 0.15) is 6.04 Å². The Kier molecular flexibility index (Phi) is 1.97. The summed E-state index contributed by atoms with van der Waals surface area (Å²) in [5, 5.41) is 8.93. The van der Waals surface area contributed by atoms with Gasteiger partial charge >= 0.3 is 5.97 Å². The number of nitrogens with zero attached hydrogens (tertiary/aromatic N) is 1. The van der Waals surface area contributed by atoms with E-state index in [1.807, 2.05) is 12.2 Å². The summed E-state index contributed by atoms with van der Waals surface area (Å²) in [4.78, 5) is 36.1. The lowest BCUT2D eigenvalue weighted by Crippen LogP contribution is -2.44. The normalized spacial score (nSPS) is 39.9. The molecule has 0 spiro atoms. The van der Waals surface area contributed by atoms with Crippen molar-refractivity contribution in [2.75, 3.05) is 0 Å². The van der Waals surface area contributed by atoms with E-state index >= 15 is 0 Å². The van der Waals surface area contributed by atoms with E-state index < -0.39 is 12.0 Å². The van der Waals surface area contributed by atoms with Crippen molar-refractivity contribution in [2.24, 2.45) is 23.7 Å². The van der Waals surface area contributed by atoms with Gasteiger partial charge in [0.05, 0.1) is 11.8 Å². The number of fused-ring (bicyclic) bond motifs is 5. The second-order valence-electron chi connectivity index (χ2n) is 5.06. The van der Waals surface area contributed by atoms with Gasteiger partial charge in [-0.1, -0.05) is 12.2 Å². The molecule has 2 bridgehead atoms. The molecule has 1 aliphatic heterocycles. The van der Waals surface area contributed by atoms with Crippen LogP contribution in [0.3, 0.4) is 0 Å². The molecular weight excluding hydrogens is 222 g/mol. The van der Waals surface area contributed by atoms with Crippen LogP contribution in [0.2, 0.25) is 0 Å². The van der Waals surface area contributed by atoms with Crippen LogP contribution in [0.5, 0.6) is 0 Å². The Morgan fingerprint density at radius 3 is 2.18 bits per heavy atom. The van der Waals surface area contributed by atoms with E-state index in [0.29, 0.717) is 0 Å². The van der Waals surface area contributed by atoms with Crippen LogP contribution in [0.4, 0.5) is 0 Å². The van der Waals surface area contributed by atoms with Gasteiger partial charge in [-0.3, -0.25) is 14.5 Å². The molecule has 3 aliphatic rings. The summed E-state index contributed by atoms with van der Waals surface area (Å²) in [5.41, 5.74) is 0. The number of hydrogen-bond donors (Lipinski definition) is 1. The van der Waals surface area contributed by atoms with E-state index in [1.54, 1.807) is 0 Å². The van der Waals surface area contributed by atoms with Crippen LogP contribution in [0.25, 0.3) is 0 Å². The average Bonchev–Trinajstić information content (AvgIpc) is 2.92. The first kappa shape index (κ1) is 10.5. The molecule has 1 N–H and O–H groups in total. The van der Waals surface area contributed by atoms with Gasteiger partial charge in [-0.05, 0) is 25.2 Å². The Morgan fingerprint density at radius 1 is 1.29 bits per heavy atom. The van der Waals surface area contributed by atoms with Crippen LogP contribution in [0.1, 0.15) is 13.3 Å². The average molecular weight is 235 g/mol. The molecule has 3 rings (SSSR count). The molecule has 1 saturated carbocycles. The monoisotopic (exact) mass is 235 g/mol. The van der Waals surface area contributed by atoms with Crippen molar-refractivity contribution in [2.45, 2.75) is 19.4 Å². The Bertz CT molecular complexity index is 425. The lowest BCUT2D eigenvalue weighted by Gasteiger charge is -2.20. The fourth-order valence-electron chi connectivity index (χ4n) is 3.42. The first-order valence-corrected chi connectivity index (χ1v) is 5.80. The summed E-state index contributed by atoms with van der Waals surface area (Å²) in [7, 11) is 0. The van der Waals surface area contributed by atoms with Crippen molar-refractivity contribution in [3.63, 3.8) is 0 Å². The molecule has 0 aromatic rings. The minimum absolute atomic E-state index is 0.132. The first-order chi connectivity index (χ1) is 8.02. The fraction of sp³-hybridized carbons (Fsp3) is 0.583. The minimum Gasteiger partial charge on any atom is -0.480 e. The van der Waals surface area contributed by atoms with E-state index in [9.17, 15) is 14.4 Å². The zero-order valence-corrected chi connectivity index (χ0v) is 9.37. The Balaban J connectivity index is 1.95. The standard InChI is InChI=1S/C12H13NO4/c1-5(12(16)17)13-10(14)8-6-2-3-7(4-6)9(8)11(13)15/h2-3,5-9H,4H2,1H3,(H,16,17)/t5-,6+,7+,8-,9-/m1/s1. The van der Waals surface area contributed by atoms with Crippen molar-refractivity contribution in [3.8, 4) is 0 Å². The van der Waals surface area contributed by atoms with Crippen LogP contribution in [-0.4, -0.2) is 33.8 Å². The van der Waals surface area contributed by atoms with Crippen molar-refractivity contribution < 1.29 is 19.5 Å². The van der Waals surface area contributed by atoms with E-state index in [2.05, 4.69) is 0 Å². The van der Waals surface area contributed by atoms with E-state index in [0.717, 1.165) is 11.3 Å². The summed E-state index contributed by atoms with van der Waals surface area (Å²) in [5.74, 6) is -2.08. The number of allylic oxidation sites excluding steroid dienone is 2. The van der Waals surface area contributed by atoms with Crippen LogP contribution in [0, 0.1) is 23.7 Å². The highest BCUT2D eigenvalue weighted by molar-refractivity contribution is 6.08. The van der Waals surface area contributed by atoms with Gasteiger partial charge in [-0.15, -0.1) is 0 Å². The summed E-state index contributed by atoms with van der Waals surface area (Å²) < 4.78 is 0. The van der Waals surface area contributed by atoms with Gasteiger partial charge in [0.25, 0.3) is 0 Å². The predicted octanol–water partition coefficient (Wildman–Crippen LogP) is 0.267. The highest BCUT2D eigenvalue weighted by Gasteiger charge is 2.60. The molecule has 2 fully saturated rings. The van der Waals surface area contributed by atoms with Gasteiger partial charge in [0.2, 0.25) is 11.8 Å². The molecule has 5 heteroatoms. The van der Waals surface area contributed by atoms with Crippen molar-refractivity contribution in [1.82, 2.24) is 4.90 Å². The maximum atomic E-state index is 12.1. The van der Waals surface area contributed by atoms with Crippen LogP contribution in [-0.2, 0) is 14.4 Å². The molecule has 90 valence electrons. The Hall–Kier alpha value is -1.65. The van der Waals surface area contributed by atoms with Crippen LogP contribution < -0.4 is 0 Å². The quantitative estimate of drug-likeness (QED) is 0.550. The number of amides is 2. The van der Waals surface area contributed by atoms with Crippen molar-refractivity contribution in [3.05, 3.63) is 12.2 Å². The second kappa shape index (κ2) is 3.18. The second-order valence-corrected chi connectivity index (χ2v) is 5.06. The third kappa shape index (κ3) is 1.16. The summed E-state index contributed by atoms with van der Waals surface area (Å²) in [6, 6.07) is -1.06. The molecule has 0 aromatic carbocycles. The highest BCUT2D eigenvalue weighted by Crippen LogP contribution is 2.52. The smallest absolute Gasteiger partial charge is 0.326 e. The lowest BCUT2D eigenvalue weighted by molar-refractivity contribution is -0.154.